The van der Waals surface area contributed by atoms with Crippen LogP contribution in [0.5, 0.6) is 0 Å². The molecule has 0 radical (unpaired) electrons. The second kappa shape index (κ2) is 10.2. The van der Waals surface area contributed by atoms with E-state index in [4.69, 9.17) is 4.74 Å². The summed E-state index contributed by atoms with van der Waals surface area (Å²) in [6, 6.07) is 17.1. The van der Waals surface area contributed by atoms with Crippen LogP contribution >= 0.6 is 0 Å². The predicted octanol–water partition coefficient (Wildman–Crippen LogP) is 3.65. The van der Waals surface area contributed by atoms with E-state index in [1.165, 1.54) is 12.5 Å². The van der Waals surface area contributed by atoms with E-state index in [2.05, 4.69) is 27.7 Å². The quantitative estimate of drug-likeness (QED) is 0.751. The molecule has 0 saturated carbocycles. The summed E-state index contributed by atoms with van der Waals surface area (Å²) in [5.41, 5.74) is 2.62. The molecule has 1 atom stereocenters. The zero-order chi connectivity index (χ0) is 20.6. The fraction of sp³-hybridized carbons (Fsp3) is 0.391. The second-order valence-electron chi connectivity index (χ2n) is 7.46. The van der Waals surface area contributed by atoms with Crippen molar-refractivity contribution in [1.82, 2.24) is 4.90 Å². The standard InChI is InChI=1S/C23H29N3O3/c1-17(23(28)25-21-10-8-20(9-11-21)24-18(2)27)26-14-12-22(13-15-26)29-16-19-6-4-3-5-7-19/h3-11,17,22H,12-16H2,1-2H3,(H,24,27)(H,25,28)/t17-/m0/s1. The van der Waals surface area contributed by atoms with Gasteiger partial charge in [0.25, 0.3) is 0 Å². The first-order valence-electron chi connectivity index (χ1n) is 10.1. The lowest BCUT2D eigenvalue weighted by atomic mass is 10.1. The Hall–Kier alpha value is -2.70. The number of ether oxygens (including phenoxy) is 1. The number of benzene rings is 2. The van der Waals surface area contributed by atoms with Crippen LogP contribution in [0.25, 0.3) is 0 Å². The van der Waals surface area contributed by atoms with Crippen molar-refractivity contribution in [2.75, 3.05) is 23.7 Å². The smallest absolute Gasteiger partial charge is 0.241 e. The summed E-state index contributed by atoms with van der Waals surface area (Å²) < 4.78 is 6.03. The average molecular weight is 396 g/mol. The monoisotopic (exact) mass is 395 g/mol. The first kappa shape index (κ1) is 21.0. The molecular weight excluding hydrogens is 366 g/mol. The van der Waals surface area contributed by atoms with Crippen LogP contribution in [0.3, 0.4) is 0 Å². The average Bonchev–Trinajstić information content (AvgIpc) is 2.74. The van der Waals surface area contributed by atoms with Gasteiger partial charge in [-0.25, -0.2) is 0 Å². The Kier molecular flexibility index (Phi) is 7.38. The van der Waals surface area contributed by atoms with E-state index in [1.807, 2.05) is 25.1 Å². The molecule has 2 amide bonds. The number of piperidine rings is 1. The highest BCUT2D eigenvalue weighted by molar-refractivity contribution is 5.95. The lowest BCUT2D eigenvalue weighted by molar-refractivity contribution is -0.122. The molecule has 154 valence electrons. The number of hydrogen-bond acceptors (Lipinski definition) is 4. The maximum atomic E-state index is 12.6. The molecule has 1 saturated heterocycles. The SMILES string of the molecule is CC(=O)Nc1ccc(NC(=O)[C@H](C)N2CCC(OCc3ccccc3)CC2)cc1. The summed E-state index contributed by atoms with van der Waals surface area (Å²) in [6.07, 6.45) is 2.09. The van der Waals surface area contributed by atoms with Gasteiger partial charge in [-0.05, 0) is 49.6 Å². The molecule has 0 unspecified atom stereocenters. The van der Waals surface area contributed by atoms with Gasteiger partial charge in [0.1, 0.15) is 0 Å². The number of likely N-dealkylation sites (tertiary alicyclic amines) is 1. The van der Waals surface area contributed by atoms with Crippen molar-refractivity contribution < 1.29 is 14.3 Å². The normalized spacial score (nSPS) is 16.2. The summed E-state index contributed by atoms with van der Waals surface area (Å²) in [7, 11) is 0. The lowest BCUT2D eigenvalue weighted by Gasteiger charge is -2.35. The van der Waals surface area contributed by atoms with Crippen molar-refractivity contribution in [2.24, 2.45) is 0 Å². The van der Waals surface area contributed by atoms with Gasteiger partial charge in [-0.15, -0.1) is 0 Å². The van der Waals surface area contributed by atoms with Gasteiger partial charge in [-0.3, -0.25) is 14.5 Å². The highest BCUT2D eigenvalue weighted by Crippen LogP contribution is 2.19. The van der Waals surface area contributed by atoms with Crippen LogP contribution in [0.4, 0.5) is 11.4 Å². The van der Waals surface area contributed by atoms with Crippen LogP contribution in [-0.4, -0.2) is 41.9 Å². The molecule has 1 aliphatic heterocycles. The molecule has 0 bridgehead atoms. The molecule has 6 nitrogen and oxygen atoms in total. The minimum absolute atomic E-state index is 0.0269. The molecule has 0 aliphatic carbocycles. The molecule has 2 N–H and O–H groups in total. The van der Waals surface area contributed by atoms with E-state index in [9.17, 15) is 9.59 Å². The van der Waals surface area contributed by atoms with E-state index in [0.717, 1.165) is 31.6 Å². The third-order valence-corrected chi connectivity index (χ3v) is 5.21. The van der Waals surface area contributed by atoms with Crippen LogP contribution in [-0.2, 0) is 20.9 Å². The minimum Gasteiger partial charge on any atom is -0.373 e. The summed E-state index contributed by atoms with van der Waals surface area (Å²) in [5.74, 6) is -0.146. The van der Waals surface area contributed by atoms with Gasteiger partial charge in [-0.1, -0.05) is 30.3 Å². The Morgan fingerprint density at radius 1 is 1.00 bits per heavy atom. The highest BCUT2D eigenvalue weighted by Gasteiger charge is 2.27. The summed E-state index contributed by atoms with van der Waals surface area (Å²) in [6.45, 7) is 5.72. The highest BCUT2D eigenvalue weighted by atomic mass is 16.5. The van der Waals surface area contributed by atoms with E-state index < -0.39 is 0 Å². The topological polar surface area (TPSA) is 70.7 Å². The molecule has 1 aliphatic rings. The van der Waals surface area contributed by atoms with Crippen LogP contribution in [0.15, 0.2) is 54.6 Å². The Morgan fingerprint density at radius 2 is 1.59 bits per heavy atom. The second-order valence-corrected chi connectivity index (χ2v) is 7.46. The Labute approximate surface area is 172 Å². The van der Waals surface area contributed by atoms with E-state index in [0.29, 0.717) is 12.3 Å². The summed E-state index contributed by atoms with van der Waals surface area (Å²) >= 11 is 0. The van der Waals surface area contributed by atoms with Gasteiger partial charge in [0.15, 0.2) is 0 Å². The molecule has 6 heteroatoms. The van der Waals surface area contributed by atoms with Crippen molar-refractivity contribution in [1.29, 1.82) is 0 Å². The van der Waals surface area contributed by atoms with Gasteiger partial charge in [0, 0.05) is 31.4 Å². The van der Waals surface area contributed by atoms with Gasteiger partial charge in [-0.2, -0.15) is 0 Å². The zero-order valence-corrected chi connectivity index (χ0v) is 17.1. The first-order valence-corrected chi connectivity index (χ1v) is 10.1. The Balaban J connectivity index is 1.43. The fourth-order valence-corrected chi connectivity index (χ4v) is 3.47. The number of nitrogens with zero attached hydrogens (tertiary/aromatic N) is 1. The molecule has 2 aromatic rings. The zero-order valence-electron chi connectivity index (χ0n) is 17.1. The maximum absolute atomic E-state index is 12.6. The Bertz CT molecular complexity index is 800. The molecule has 29 heavy (non-hydrogen) atoms. The summed E-state index contributed by atoms with van der Waals surface area (Å²) in [4.78, 5) is 25.9. The number of anilines is 2. The van der Waals surface area contributed by atoms with Gasteiger partial charge in [0.2, 0.25) is 11.8 Å². The number of carbonyl (C=O) groups excluding carboxylic acids is 2. The van der Waals surface area contributed by atoms with Crippen LogP contribution in [0, 0.1) is 0 Å². The van der Waals surface area contributed by atoms with Crippen molar-refractivity contribution >= 4 is 23.2 Å². The molecule has 3 rings (SSSR count). The third-order valence-electron chi connectivity index (χ3n) is 5.21. The van der Waals surface area contributed by atoms with Crippen molar-refractivity contribution in [3.63, 3.8) is 0 Å². The summed E-state index contributed by atoms with van der Waals surface area (Å²) in [5, 5.41) is 5.67. The molecular formula is C23H29N3O3. The molecule has 1 fully saturated rings. The number of amides is 2. The van der Waals surface area contributed by atoms with Crippen molar-refractivity contribution in [3.8, 4) is 0 Å². The van der Waals surface area contributed by atoms with Crippen LogP contribution < -0.4 is 10.6 Å². The lowest BCUT2D eigenvalue weighted by Crippen LogP contribution is -2.47. The fourth-order valence-electron chi connectivity index (χ4n) is 3.47. The van der Waals surface area contributed by atoms with Crippen LogP contribution in [0.1, 0.15) is 32.3 Å². The van der Waals surface area contributed by atoms with Gasteiger partial charge < -0.3 is 15.4 Å². The van der Waals surface area contributed by atoms with Crippen molar-refractivity contribution in [3.05, 3.63) is 60.2 Å². The molecule has 1 heterocycles. The third kappa shape index (κ3) is 6.41. The number of nitrogens with one attached hydrogen (secondary N) is 2. The predicted molar refractivity (Wildman–Crippen MR) is 115 cm³/mol. The van der Waals surface area contributed by atoms with E-state index in [-0.39, 0.29) is 24.0 Å². The Morgan fingerprint density at radius 3 is 2.17 bits per heavy atom. The number of carbonyl (C=O) groups is 2. The largest absolute Gasteiger partial charge is 0.373 e. The van der Waals surface area contributed by atoms with Gasteiger partial charge in [0.05, 0.1) is 18.8 Å². The molecule has 0 aromatic heterocycles. The molecule has 2 aromatic carbocycles. The first-order chi connectivity index (χ1) is 14.0. The van der Waals surface area contributed by atoms with E-state index >= 15 is 0 Å². The number of hydrogen-bond donors (Lipinski definition) is 2. The maximum Gasteiger partial charge on any atom is 0.241 e. The van der Waals surface area contributed by atoms with Crippen molar-refractivity contribution in [2.45, 2.75) is 45.4 Å². The minimum atomic E-state index is -0.208. The van der Waals surface area contributed by atoms with E-state index in [1.54, 1.807) is 24.3 Å². The van der Waals surface area contributed by atoms with Crippen LogP contribution in [0.2, 0.25) is 0 Å². The van der Waals surface area contributed by atoms with Gasteiger partial charge >= 0.3 is 0 Å². The molecule has 0 spiro atoms. The number of rotatable bonds is 7.